The SMILES string of the molecule is CCNCc1ccnn1Cc1cncs1. The van der Waals surface area contributed by atoms with Crippen LogP contribution in [0.1, 0.15) is 17.5 Å². The van der Waals surface area contributed by atoms with E-state index in [4.69, 9.17) is 0 Å². The molecule has 2 aromatic heterocycles. The Kier molecular flexibility index (Phi) is 3.47. The van der Waals surface area contributed by atoms with Crippen LogP contribution in [-0.4, -0.2) is 21.3 Å². The lowest BCUT2D eigenvalue weighted by Gasteiger charge is -2.05. The van der Waals surface area contributed by atoms with Gasteiger partial charge in [-0.05, 0) is 12.6 Å². The lowest BCUT2D eigenvalue weighted by Crippen LogP contribution is -2.16. The van der Waals surface area contributed by atoms with Gasteiger partial charge in [-0.15, -0.1) is 11.3 Å². The van der Waals surface area contributed by atoms with Gasteiger partial charge < -0.3 is 5.32 Å². The number of thiazole rings is 1. The highest BCUT2D eigenvalue weighted by Crippen LogP contribution is 2.09. The van der Waals surface area contributed by atoms with Crippen molar-refractivity contribution in [1.82, 2.24) is 20.1 Å². The maximum atomic E-state index is 4.30. The molecule has 0 aliphatic rings. The highest BCUT2D eigenvalue weighted by molar-refractivity contribution is 7.09. The molecular formula is C10H14N4S. The molecular weight excluding hydrogens is 208 g/mol. The molecule has 0 aliphatic carbocycles. The van der Waals surface area contributed by atoms with Crippen molar-refractivity contribution in [2.45, 2.75) is 20.0 Å². The summed E-state index contributed by atoms with van der Waals surface area (Å²) in [5, 5.41) is 7.60. The third kappa shape index (κ3) is 2.64. The van der Waals surface area contributed by atoms with Crippen LogP contribution in [0.25, 0.3) is 0 Å². The van der Waals surface area contributed by atoms with Crippen molar-refractivity contribution >= 4 is 11.3 Å². The molecule has 0 amide bonds. The van der Waals surface area contributed by atoms with Gasteiger partial charge in [0.25, 0.3) is 0 Å². The number of aromatic nitrogens is 3. The van der Waals surface area contributed by atoms with Crippen molar-refractivity contribution in [2.24, 2.45) is 0 Å². The van der Waals surface area contributed by atoms with Gasteiger partial charge in [0.15, 0.2) is 0 Å². The zero-order valence-electron chi connectivity index (χ0n) is 8.68. The molecule has 0 atom stereocenters. The fourth-order valence-electron chi connectivity index (χ4n) is 1.37. The zero-order chi connectivity index (χ0) is 10.5. The molecule has 2 rings (SSSR count). The molecule has 0 radical (unpaired) electrons. The van der Waals surface area contributed by atoms with Crippen molar-refractivity contribution in [2.75, 3.05) is 6.54 Å². The number of nitrogens with one attached hydrogen (secondary N) is 1. The van der Waals surface area contributed by atoms with Crippen molar-refractivity contribution in [3.8, 4) is 0 Å². The lowest BCUT2D eigenvalue weighted by molar-refractivity contribution is 0.609. The molecule has 5 heteroatoms. The van der Waals surface area contributed by atoms with E-state index in [0.29, 0.717) is 0 Å². The standard InChI is InChI=1S/C10H14N4S/c1-2-11-5-9-3-4-13-14(9)7-10-6-12-8-15-10/h3-4,6,8,11H,2,5,7H2,1H3. The van der Waals surface area contributed by atoms with Crippen LogP contribution < -0.4 is 5.32 Å². The minimum atomic E-state index is 0.818. The third-order valence-corrected chi connectivity index (χ3v) is 2.91. The van der Waals surface area contributed by atoms with Gasteiger partial charge in [0.2, 0.25) is 0 Å². The van der Waals surface area contributed by atoms with E-state index < -0.39 is 0 Å². The van der Waals surface area contributed by atoms with Gasteiger partial charge >= 0.3 is 0 Å². The Labute approximate surface area is 93.0 Å². The van der Waals surface area contributed by atoms with Crippen LogP contribution in [0.4, 0.5) is 0 Å². The van der Waals surface area contributed by atoms with Crippen LogP contribution in [0.15, 0.2) is 24.0 Å². The van der Waals surface area contributed by atoms with Crippen LogP contribution in [0.3, 0.4) is 0 Å². The van der Waals surface area contributed by atoms with Gasteiger partial charge in [-0.1, -0.05) is 6.92 Å². The molecule has 2 heterocycles. The molecule has 0 bridgehead atoms. The zero-order valence-corrected chi connectivity index (χ0v) is 9.50. The van der Waals surface area contributed by atoms with Crippen LogP contribution in [0.2, 0.25) is 0 Å². The summed E-state index contributed by atoms with van der Waals surface area (Å²) in [4.78, 5) is 5.29. The van der Waals surface area contributed by atoms with Crippen molar-refractivity contribution in [3.05, 3.63) is 34.5 Å². The second kappa shape index (κ2) is 5.04. The Morgan fingerprint density at radius 2 is 2.47 bits per heavy atom. The number of hydrogen-bond donors (Lipinski definition) is 1. The summed E-state index contributed by atoms with van der Waals surface area (Å²) < 4.78 is 2.01. The summed E-state index contributed by atoms with van der Waals surface area (Å²) in [7, 11) is 0. The Balaban J connectivity index is 2.04. The van der Waals surface area contributed by atoms with E-state index in [1.54, 1.807) is 11.3 Å². The highest BCUT2D eigenvalue weighted by Gasteiger charge is 2.03. The summed E-state index contributed by atoms with van der Waals surface area (Å²) in [5.74, 6) is 0. The van der Waals surface area contributed by atoms with Gasteiger partial charge in [-0.25, -0.2) is 0 Å². The molecule has 0 fully saturated rings. The molecule has 0 saturated carbocycles. The maximum absolute atomic E-state index is 4.30. The second-order valence-corrected chi connectivity index (χ2v) is 4.20. The molecule has 15 heavy (non-hydrogen) atoms. The fourth-order valence-corrected chi connectivity index (χ4v) is 1.95. The molecule has 0 spiro atoms. The Morgan fingerprint density at radius 3 is 3.20 bits per heavy atom. The molecule has 80 valence electrons. The fraction of sp³-hybridized carbons (Fsp3) is 0.400. The van der Waals surface area contributed by atoms with E-state index in [1.165, 1.54) is 10.6 Å². The van der Waals surface area contributed by atoms with Gasteiger partial charge in [0.1, 0.15) is 0 Å². The van der Waals surface area contributed by atoms with E-state index in [9.17, 15) is 0 Å². The van der Waals surface area contributed by atoms with E-state index in [2.05, 4.69) is 22.3 Å². The summed E-state index contributed by atoms with van der Waals surface area (Å²) in [6, 6.07) is 2.05. The molecule has 4 nitrogen and oxygen atoms in total. The van der Waals surface area contributed by atoms with Crippen LogP contribution in [-0.2, 0) is 13.1 Å². The third-order valence-electron chi connectivity index (χ3n) is 2.15. The topological polar surface area (TPSA) is 42.7 Å². The van der Waals surface area contributed by atoms with Crippen molar-refractivity contribution in [1.29, 1.82) is 0 Å². The monoisotopic (exact) mass is 222 g/mol. The minimum absolute atomic E-state index is 0.818. The Morgan fingerprint density at radius 1 is 1.53 bits per heavy atom. The van der Waals surface area contributed by atoms with Gasteiger partial charge in [-0.2, -0.15) is 5.10 Å². The van der Waals surface area contributed by atoms with Crippen molar-refractivity contribution in [3.63, 3.8) is 0 Å². The van der Waals surface area contributed by atoms with Crippen LogP contribution in [0.5, 0.6) is 0 Å². The first-order valence-corrected chi connectivity index (χ1v) is 5.87. The summed E-state index contributed by atoms with van der Waals surface area (Å²) >= 11 is 1.66. The first-order valence-electron chi connectivity index (χ1n) is 4.99. The van der Waals surface area contributed by atoms with E-state index in [0.717, 1.165) is 19.6 Å². The van der Waals surface area contributed by atoms with E-state index >= 15 is 0 Å². The summed E-state index contributed by atoms with van der Waals surface area (Å²) in [6.07, 6.45) is 3.73. The predicted molar refractivity (Wildman–Crippen MR) is 60.8 cm³/mol. The first-order chi connectivity index (χ1) is 7.40. The molecule has 0 aliphatic heterocycles. The lowest BCUT2D eigenvalue weighted by atomic mass is 10.4. The van der Waals surface area contributed by atoms with Crippen LogP contribution in [0, 0.1) is 0 Å². The number of rotatable bonds is 5. The average molecular weight is 222 g/mol. The Hall–Kier alpha value is -1.20. The second-order valence-electron chi connectivity index (χ2n) is 3.23. The number of hydrogen-bond acceptors (Lipinski definition) is 4. The molecule has 2 aromatic rings. The van der Waals surface area contributed by atoms with Gasteiger partial charge in [0, 0.05) is 23.8 Å². The minimum Gasteiger partial charge on any atom is -0.311 e. The van der Waals surface area contributed by atoms with E-state index in [-0.39, 0.29) is 0 Å². The maximum Gasteiger partial charge on any atom is 0.0794 e. The van der Waals surface area contributed by atoms with Gasteiger partial charge in [-0.3, -0.25) is 9.67 Å². The normalized spacial score (nSPS) is 10.7. The first kappa shape index (κ1) is 10.3. The van der Waals surface area contributed by atoms with Crippen molar-refractivity contribution < 1.29 is 0 Å². The summed E-state index contributed by atoms with van der Waals surface area (Å²) in [6.45, 7) is 4.77. The predicted octanol–water partition coefficient (Wildman–Crippen LogP) is 1.50. The smallest absolute Gasteiger partial charge is 0.0794 e. The van der Waals surface area contributed by atoms with E-state index in [1.807, 2.05) is 28.7 Å². The Bertz CT molecular complexity index is 393. The largest absolute Gasteiger partial charge is 0.311 e. The molecule has 0 aromatic carbocycles. The average Bonchev–Trinajstić information content (AvgIpc) is 2.87. The molecule has 0 unspecified atom stereocenters. The number of nitrogens with zero attached hydrogens (tertiary/aromatic N) is 3. The molecule has 0 saturated heterocycles. The summed E-state index contributed by atoms with van der Waals surface area (Å²) in [5.41, 5.74) is 3.06. The molecule has 1 N–H and O–H groups in total. The quantitative estimate of drug-likeness (QED) is 0.833. The van der Waals surface area contributed by atoms with Gasteiger partial charge in [0.05, 0.1) is 17.7 Å². The van der Waals surface area contributed by atoms with Crippen LogP contribution >= 0.6 is 11.3 Å². The highest BCUT2D eigenvalue weighted by atomic mass is 32.1.